The Labute approximate surface area is 125 Å². The van der Waals surface area contributed by atoms with Crippen LogP contribution in [0.1, 0.15) is 17.3 Å². The maximum absolute atomic E-state index is 10.8. The molecule has 1 rings (SSSR count). The molecule has 96 valence electrons. The average molecular weight is 396 g/mol. The van der Waals surface area contributed by atoms with Gasteiger partial charge in [-0.3, -0.25) is 4.79 Å². The second-order valence-electron chi connectivity index (χ2n) is 3.26. The van der Waals surface area contributed by atoms with Crippen molar-refractivity contribution >= 4 is 66.8 Å². The predicted octanol–water partition coefficient (Wildman–Crippen LogP) is 2.74. The van der Waals surface area contributed by atoms with Crippen molar-refractivity contribution in [2.75, 3.05) is 5.32 Å². The van der Waals surface area contributed by atoms with Gasteiger partial charge in [0.1, 0.15) is 0 Å². The Hall–Kier alpha value is -0.990. The summed E-state index contributed by atoms with van der Waals surface area (Å²) < 4.78 is 1.03. The molecular formula is C10H8Br2N2O3S. The summed E-state index contributed by atoms with van der Waals surface area (Å²) in [7, 11) is 0. The fourth-order valence-electron chi connectivity index (χ4n) is 1.12. The van der Waals surface area contributed by atoms with Crippen LogP contribution in [0.4, 0.5) is 5.69 Å². The number of carboxylic acids is 1. The van der Waals surface area contributed by atoms with E-state index < -0.39 is 5.97 Å². The van der Waals surface area contributed by atoms with Crippen LogP contribution in [0.25, 0.3) is 0 Å². The first-order valence-electron chi connectivity index (χ1n) is 4.62. The number of benzene rings is 1. The van der Waals surface area contributed by atoms with Crippen molar-refractivity contribution in [1.29, 1.82) is 0 Å². The number of carbonyl (C=O) groups excluding carboxylic acids is 1. The Morgan fingerprint density at radius 3 is 2.17 bits per heavy atom. The number of hydrogen-bond acceptors (Lipinski definition) is 3. The lowest BCUT2D eigenvalue weighted by Gasteiger charge is -2.12. The number of amides is 1. The third kappa shape index (κ3) is 4.04. The Bertz CT molecular complexity index is 511. The molecule has 0 aliphatic rings. The van der Waals surface area contributed by atoms with Crippen molar-refractivity contribution in [2.24, 2.45) is 0 Å². The van der Waals surface area contributed by atoms with E-state index in [0.717, 1.165) is 0 Å². The number of nitrogens with one attached hydrogen (secondary N) is 2. The normalized spacial score (nSPS) is 9.72. The molecule has 1 aromatic rings. The lowest BCUT2D eigenvalue weighted by atomic mass is 10.2. The fourth-order valence-corrected chi connectivity index (χ4v) is 2.75. The molecule has 0 aliphatic heterocycles. The monoisotopic (exact) mass is 394 g/mol. The van der Waals surface area contributed by atoms with Gasteiger partial charge < -0.3 is 15.7 Å². The van der Waals surface area contributed by atoms with Crippen molar-refractivity contribution in [3.63, 3.8) is 0 Å². The Kier molecular flexibility index (Phi) is 5.24. The second-order valence-corrected chi connectivity index (χ2v) is 5.37. The number of anilines is 1. The van der Waals surface area contributed by atoms with Crippen LogP contribution in [0.5, 0.6) is 0 Å². The minimum atomic E-state index is -1.03. The molecule has 0 aromatic heterocycles. The quantitative estimate of drug-likeness (QED) is 0.671. The molecule has 18 heavy (non-hydrogen) atoms. The number of hydrogen-bond donors (Lipinski definition) is 3. The number of halogens is 2. The van der Waals surface area contributed by atoms with E-state index >= 15 is 0 Å². The van der Waals surface area contributed by atoms with Gasteiger partial charge in [0.15, 0.2) is 5.11 Å². The van der Waals surface area contributed by atoms with Gasteiger partial charge in [0, 0.05) is 15.9 Å². The summed E-state index contributed by atoms with van der Waals surface area (Å²) >= 11 is 11.4. The van der Waals surface area contributed by atoms with Crippen LogP contribution in [0, 0.1) is 0 Å². The maximum Gasteiger partial charge on any atom is 0.335 e. The van der Waals surface area contributed by atoms with Crippen molar-refractivity contribution in [3.05, 3.63) is 26.6 Å². The highest BCUT2D eigenvalue weighted by molar-refractivity contribution is 9.11. The zero-order valence-electron chi connectivity index (χ0n) is 9.08. The summed E-state index contributed by atoms with van der Waals surface area (Å²) in [5.74, 6) is -1.32. The molecular weight excluding hydrogens is 388 g/mol. The van der Waals surface area contributed by atoms with Gasteiger partial charge in [0.2, 0.25) is 5.91 Å². The SMILES string of the molecule is CC(=O)NC(=S)Nc1c(Br)cc(C(=O)O)cc1Br. The number of aromatic carboxylic acids is 1. The summed E-state index contributed by atoms with van der Waals surface area (Å²) in [6, 6.07) is 2.87. The topological polar surface area (TPSA) is 78.4 Å². The van der Waals surface area contributed by atoms with Gasteiger partial charge in [-0.15, -0.1) is 0 Å². The van der Waals surface area contributed by atoms with Gasteiger partial charge in [0.25, 0.3) is 0 Å². The molecule has 0 unspecified atom stereocenters. The Morgan fingerprint density at radius 1 is 1.28 bits per heavy atom. The predicted molar refractivity (Wildman–Crippen MR) is 78.8 cm³/mol. The minimum Gasteiger partial charge on any atom is -0.478 e. The van der Waals surface area contributed by atoms with Crippen molar-refractivity contribution in [2.45, 2.75) is 6.92 Å². The van der Waals surface area contributed by atoms with Crippen molar-refractivity contribution in [3.8, 4) is 0 Å². The number of carbonyl (C=O) groups is 2. The molecule has 0 bridgehead atoms. The maximum atomic E-state index is 10.8. The molecule has 0 heterocycles. The molecule has 0 atom stereocenters. The van der Waals surface area contributed by atoms with E-state index in [2.05, 4.69) is 42.5 Å². The number of carboxylic acid groups (broad SMARTS) is 1. The molecule has 8 heteroatoms. The van der Waals surface area contributed by atoms with E-state index in [-0.39, 0.29) is 16.6 Å². The molecule has 0 aliphatic carbocycles. The summed E-state index contributed by atoms with van der Waals surface area (Å²) in [6.45, 7) is 1.34. The van der Waals surface area contributed by atoms with Crippen LogP contribution in [-0.2, 0) is 4.79 Å². The summed E-state index contributed by atoms with van der Waals surface area (Å²) in [6.07, 6.45) is 0. The Morgan fingerprint density at radius 2 is 1.78 bits per heavy atom. The largest absolute Gasteiger partial charge is 0.478 e. The first kappa shape index (κ1) is 15.1. The Balaban J connectivity index is 3.00. The minimum absolute atomic E-state index is 0.129. The highest BCUT2D eigenvalue weighted by Gasteiger charge is 2.12. The molecule has 0 spiro atoms. The molecule has 0 saturated heterocycles. The van der Waals surface area contributed by atoms with Crippen LogP contribution in [0.2, 0.25) is 0 Å². The summed E-state index contributed by atoms with van der Waals surface area (Å²) in [5, 5.41) is 14.2. The highest BCUT2D eigenvalue weighted by Crippen LogP contribution is 2.32. The van der Waals surface area contributed by atoms with Crippen molar-refractivity contribution < 1.29 is 14.7 Å². The zero-order chi connectivity index (χ0) is 13.9. The standard InChI is InChI=1S/C10H8Br2N2O3S/c1-4(15)13-10(18)14-8-6(11)2-5(9(16)17)3-7(8)12/h2-3H,1H3,(H,16,17)(H2,13,14,15,18). The van der Waals surface area contributed by atoms with Crippen LogP contribution in [-0.4, -0.2) is 22.1 Å². The number of rotatable bonds is 2. The van der Waals surface area contributed by atoms with E-state index in [0.29, 0.717) is 14.6 Å². The second kappa shape index (κ2) is 6.26. The number of thiocarbonyl (C=S) groups is 1. The lowest BCUT2D eigenvalue weighted by Crippen LogP contribution is -2.32. The average Bonchev–Trinajstić information content (AvgIpc) is 2.21. The van der Waals surface area contributed by atoms with E-state index in [4.69, 9.17) is 17.3 Å². The molecule has 1 amide bonds. The molecule has 3 N–H and O–H groups in total. The van der Waals surface area contributed by atoms with E-state index in [1.807, 2.05) is 0 Å². The molecule has 0 saturated carbocycles. The highest BCUT2D eigenvalue weighted by atomic mass is 79.9. The van der Waals surface area contributed by atoms with Gasteiger partial charge >= 0.3 is 5.97 Å². The van der Waals surface area contributed by atoms with Crippen molar-refractivity contribution in [1.82, 2.24) is 5.32 Å². The van der Waals surface area contributed by atoms with Gasteiger partial charge in [-0.05, 0) is 56.2 Å². The van der Waals surface area contributed by atoms with Gasteiger partial charge in [-0.2, -0.15) is 0 Å². The third-order valence-electron chi connectivity index (χ3n) is 1.82. The first-order valence-corrected chi connectivity index (χ1v) is 6.61. The smallest absolute Gasteiger partial charge is 0.335 e. The third-order valence-corrected chi connectivity index (χ3v) is 3.27. The fraction of sp³-hybridized carbons (Fsp3) is 0.100. The van der Waals surface area contributed by atoms with E-state index in [1.54, 1.807) is 0 Å². The van der Waals surface area contributed by atoms with Crippen LogP contribution in [0.3, 0.4) is 0 Å². The molecule has 0 fully saturated rings. The van der Waals surface area contributed by atoms with E-state index in [9.17, 15) is 9.59 Å². The lowest BCUT2D eigenvalue weighted by molar-refractivity contribution is -0.117. The summed E-state index contributed by atoms with van der Waals surface area (Å²) in [5.41, 5.74) is 0.670. The molecule has 5 nitrogen and oxygen atoms in total. The first-order chi connectivity index (χ1) is 8.31. The van der Waals surface area contributed by atoms with Gasteiger partial charge in [-0.1, -0.05) is 0 Å². The molecule has 0 radical (unpaired) electrons. The molecule has 1 aromatic carbocycles. The summed E-state index contributed by atoms with van der Waals surface area (Å²) in [4.78, 5) is 21.7. The van der Waals surface area contributed by atoms with E-state index in [1.165, 1.54) is 19.1 Å². The van der Waals surface area contributed by atoms with Gasteiger partial charge in [-0.25, -0.2) is 4.79 Å². The zero-order valence-corrected chi connectivity index (χ0v) is 13.1. The van der Waals surface area contributed by atoms with Gasteiger partial charge in [0.05, 0.1) is 11.3 Å². The van der Waals surface area contributed by atoms with Crippen LogP contribution < -0.4 is 10.6 Å². The van der Waals surface area contributed by atoms with Crippen LogP contribution >= 0.6 is 44.1 Å². The van der Waals surface area contributed by atoms with Crippen LogP contribution in [0.15, 0.2) is 21.1 Å².